The molecule has 0 amide bonds. The van der Waals surface area contributed by atoms with Gasteiger partial charge in [-0.2, -0.15) is 0 Å². The van der Waals surface area contributed by atoms with Crippen LogP contribution >= 0.6 is 15.9 Å². The van der Waals surface area contributed by atoms with Crippen molar-refractivity contribution in [3.05, 3.63) is 49.2 Å². The van der Waals surface area contributed by atoms with E-state index in [0.29, 0.717) is 27.8 Å². The van der Waals surface area contributed by atoms with Gasteiger partial charge in [0.05, 0.1) is 4.92 Å². The van der Waals surface area contributed by atoms with Crippen molar-refractivity contribution in [2.45, 2.75) is 19.3 Å². The van der Waals surface area contributed by atoms with Gasteiger partial charge in [-0.15, -0.1) is 0 Å². The van der Waals surface area contributed by atoms with Crippen LogP contribution in [0.25, 0.3) is 6.08 Å². The zero-order valence-corrected chi connectivity index (χ0v) is 12.0. The van der Waals surface area contributed by atoms with Crippen molar-refractivity contribution < 1.29 is 14.5 Å². The monoisotopic (exact) mass is 335 g/mol. The van der Waals surface area contributed by atoms with Crippen molar-refractivity contribution in [3.63, 3.8) is 0 Å². The average molecular weight is 336 g/mol. The number of carbonyl (C=O) groups excluding carboxylic acids is 1. The van der Waals surface area contributed by atoms with Crippen LogP contribution in [-0.2, 0) is 4.79 Å². The van der Waals surface area contributed by atoms with Gasteiger partial charge in [-0.25, -0.2) is 0 Å². The third kappa shape index (κ3) is 2.06. The number of hydrogen-bond donors (Lipinski definition) is 0. The van der Waals surface area contributed by atoms with Gasteiger partial charge in [0, 0.05) is 21.7 Å². The maximum absolute atomic E-state index is 11.1. The number of rotatable bonds is 2. The first-order valence-corrected chi connectivity index (χ1v) is 6.94. The summed E-state index contributed by atoms with van der Waals surface area (Å²) in [5.41, 5.74) is 2.06. The molecule has 0 bridgehead atoms. The quantitative estimate of drug-likeness (QED) is 0.468. The van der Waals surface area contributed by atoms with Crippen LogP contribution in [0, 0.1) is 10.1 Å². The topological polar surface area (TPSA) is 69.4 Å². The molecule has 5 nitrogen and oxygen atoms in total. The van der Waals surface area contributed by atoms with Gasteiger partial charge in [0.25, 0.3) is 0 Å². The molecule has 0 radical (unpaired) electrons. The number of allylic oxidation sites excluding steroid dienone is 2. The summed E-state index contributed by atoms with van der Waals surface area (Å²) in [6, 6.07) is 3.18. The fourth-order valence-corrected chi connectivity index (χ4v) is 2.99. The number of hydrogen-bond acceptors (Lipinski definition) is 4. The maximum atomic E-state index is 11.1. The van der Waals surface area contributed by atoms with Crippen LogP contribution in [0.2, 0.25) is 0 Å². The molecular formula is C14H10BrNO4. The highest BCUT2D eigenvalue weighted by molar-refractivity contribution is 9.10. The highest BCUT2D eigenvalue weighted by Gasteiger charge is 2.29. The van der Waals surface area contributed by atoms with Crippen molar-refractivity contribution in [3.8, 4) is 5.75 Å². The lowest BCUT2D eigenvalue weighted by Crippen LogP contribution is -2.14. The maximum Gasteiger partial charge on any atom is 0.313 e. The molecule has 0 spiro atoms. The molecule has 1 aliphatic carbocycles. The van der Waals surface area contributed by atoms with Crippen LogP contribution in [-0.4, -0.2) is 11.2 Å². The Kier molecular flexibility index (Phi) is 3.17. The number of nitro benzene ring substituents is 1. The Morgan fingerprint density at radius 2 is 2.15 bits per heavy atom. The van der Waals surface area contributed by atoms with Gasteiger partial charge in [0.2, 0.25) is 5.75 Å². The molecule has 3 rings (SSSR count). The zero-order chi connectivity index (χ0) is 14.3. The van der Waals surface area contributed by atoms with Gasteiger partial charge in [0.15, 0.2) is 0 Å². The van der Waals surface area contributed by atoms with Gasteiger partial charge >= 0.3 is 5.69 Å². The molecule has 6 heteroatoms. The Bertz CT molecular complexity index is 691. The van der Waals surface area contributed by atoms with Gasteiger partial charge in [0.1, 0.15) is 12.0 Å². The predicted octanol–water partition coefficient (Wildman–Crippen LogP) is 3.77. The second kappa shape index (κ2) is 4.86. The number of aldehydes is 1. The summed E-state index contributed by atoms with van der Waals surface area (Å²) in [7, 11) is 0. The molecule has 0 aromatic heterocycles. The first-order chi connectivity index (χ1) is 9.60. The summed E-state index contributed by atoms with van der Waals surface area (Å²) in [4.78, 5) is 21.7. The summed E-state index contributed by atoms with van der Waals surface area (Å²) >= 11 is 3.27. The van der Waals surface area contributed by atoms with E-state index in [1.54, 1.807) is 6.07 Å². The third-order valence-corrected chi connectivity index (χ3v) is 3.87. The van der Waals surface area contributed by atoms with Crippen LogP contribution in [0.1, 0.15) is 24.8 Å². The normalized spacial score (nSPS) is 16.8. The van der Waals surface area contributed by atoms with Crippen molar-refractivity contribution >= 4 is 34.0 Å². The van der Waals surface area contributed by atoms with E-state index in [9.17, 15) is 14.9 Å². The Morgan fingerprint density at radius 1 is 1.35 bits per heavy atom. The molecule has 0 atom stereocenters. The number of benzene rings is 1. The van der Waals surface area contributed by atoms with Crippen molar-refractivity contribution in [1.29, 1.82) is 0 Å². The second-order valence-corrected chi connectivity index (χ2v) is 5.61. The van der Waals surface area contributed by atoms with Gasteiger partial charge in [-0.3, -0.25) is 14.9 Å². The number of halogens is 1. The molecule has 0 saturated heterocycles. The molecule has 0 unspecified atom stereocenters. The Hall–Kier alpha value is -1.95. The summed E-state index contributed by atoms with van der Waals surface area (Å²) in [6.45, 7) is 0. The van der Waals surface area contributed by atoms with Crippen molar-refractivity contribution in [2.75, 3.05) is 0 Å². The average Bonchev–Trinajstić information content (AvgIpc) is 2.43. The lowest BCUT2D eigenvalue weighted by Gasteiger charge is -2.25. The molecule has 1 aromatic rings. The first kappa shape index (κ1) is 13.1. The predicted molar refractivity (Wildman–Crippen MR) is 76.3 cm³/mol. The minimum absolute atomic E-state index is 0.104. The number of carbonyl (C=O) groups is 1. The van der Waals surface area contributed by atoms with E-state index < -0.39 is 4.92 Å². The number of ether oxygens (including phenoxy) is 1. The molecular weight excluding hydrogens is 326 g/mol. The van der Waals surface area contributed by atoms with E-state index in [0.717, 1.165) is 24.7 Å². The Balaban J connectivity index is 2.23. The highest BCUT2D eigenvalue weighted by Crippen LogP contribution is 2.44. The van der Waals surface area contributed by atoms with Gasteiger partial charge in [-0.05, 0) is 37.0 Å². The van der Waals surface area contributed by atoms with E-state index >= 15 is 0 Å². The standard InChI is InChI=1S/C14H10BrNO4/c15-11-5-10-4-8-2-1-3-9(7-17)13(8)20-14(10)12(6-11)16(18)19/h4-7H,1-3H2. The van der Waals surface area contributed by atoms with Crippen molar-refractivity contribution in [2.24, 2.45) is 0 Å². The molecule has 0 fully saturated rings. The SMILES string of the molecule is O=CC1=C2Oc3c(cc(Br)cc3[N+](=O)[O-])C=C2CCC1. The molecule has 0 saturated carbocycles. The second-order valence-electron chi connectivity index (χ2n) is 4.70. The van der Waals surface area contributed by atoms with E-state index in [1.807, 2.05) is 6.08 Å². The molecule has 20 heavy (non-hydrogen) atoms. The van der Waals surface area contributed by atoms with E-state index in [4.69, 9.17) is 4.74 Å². The molecule has 0 N–H and O–H groups in total. The van der Waals surface area contributed by atoms with E-state index in [-0.39, 0.29) is 11.4 Å². The molecule has 1 heterocycles. The summed E-state index contributed by atoms with van der Waals surface area (Å²) in [6.07, 6.45) is 4.99. The summed E-state index contributed by atoms with van der Waals surface area (Å²) in [5.74, 6) is 0.697. The Labute approximate surface area is 123 Å². The fraction of sp³-hybridized carbons (Fsp3) is 0.214. The fourth-order valence-electron chi connectivity index (χ4n) is 2.53. The van der Waals surface area contributed by atoms with Crippen LogP contribution in [0.5, 0.6) is 5.75 Å². The number of nitro groups is 1. The zero-order valence-electron chi connectivity index (χ0n) is 10.4. The highest BCUT2D eigenvalue weighted by atomic mass is 79.9. The molecule has 102 valence electrons. The lowest BCUT2D eigenvalue weighted by molar-refractivity contribution is -0.385. The van der Waals surface area contributed by atoms with Crippen LogP contribution < -0.4 is 4.74 Å². The molecule has 2 aliphatic rings. The Morgan fingerprint density at radius 3 is 2.85 bits per heavy atom. The van der Waals surface area contributed by atoms with Crippen LogP contribution in [0.4, 0.5) is 5.69 Å². The lowest BCUT2D eigenvalue weighted by atomic mass is 9.90. The minimum atomic E-state index is -0.480. The van der Waals surface area contributed by atoms with Crippen LogP contribution in [0.3, 0.4) is 0 Å². The number of fused-ring (bicyclic) bond motifs is 2. The van der Waals surface area contributed by atoms with E-state index in [2.05, 4.69) is 15.9 Å². The molecule has 1 aromatic carbocycles. The largest absolute Gasteiger partial charge is 0.449 e. The third-order valence-electron chi connectivity index (χ3n) is 3.41. The smallest absolute Gasteiger partial charge is 0.313 e. The first-order valence-electron chi connectivity index (χ1n) is 6.15. The minimum Gasteiger partial charge on any atom is -0.449 e. The van der Waals surface area contributed by atoms with Gasteiger partial charge < -0.3 is 4.74 Å². The summed E-state index contributed by atoms with van der Waals surface area (Å²) in [5, 5.41) is 11.1. The summed E-state index contributed by atoms with van der Waals surface area (Å²) < 4.78 is 6.33. The van der Waals surface area contributed by atoms with Gasteiger partial charge in [-0.1, -0.05) is 15.9 Å². The molecule has 1 aliphatic heterocycles. The van der Waals surface area contributed by atoms with Crippen molar-refractivity contribution in [1.82, 2.24) is 0 Å². The number of nitrogens with zero attached hydrogens (tertiary/aromatic N) is 1. The van der Waals surface area contributed by atoms with E-state index in [1.165, 1.54) is 6.07 Å². The van der Waals surface area contributed by atoms with Crippen LogP contribution in [0.15, 0.2) is 33.5 Å².